The lowest BCUT2D eigenvalue weighted by molar-refractivity contribution is -0.131. The molecular formula is C30H33FN2O3Si. The molecule has 1 fully saturated rings. The maximum atomic E-state index is 13.5. The lowest BCUT2D eigenvalue weighted by Gasteiger charge is -2.47. The highest BCUT2D eigenvalue weighted by Gasteiger charge is 2.49. The van der Waals surface area contributed by atoms with Gasteiger partial charge in [-0.25, -0.2) is 4.39 Å². The Labute approximate surface area is 219 Å². The van der Waals surface area contributed by atoms with Crippen molar-refractivity contribution < 1.29 is 18.4 Å². The molecule has 0 aliphatic carbocycles. The second-order valence-electron chi connectivity index (χ2n) is 10.8. The number of nitrogens with one attached hydrogen (secondary N) is 1. The molecule has 0 saturated carbocycles. The van der Waals surface area contributed by atoms with Gasteiger partial charge in [0.1, 0.15) is 17.6 Å². The number of benzene rings is 3. The van der Waals surface area contributed by atoms with Crippen molar-refractivity contribution in [3.63, 3.8) is 0 Å². The average Bonchev–Trinajstić information content (AvgIpc) is 2.86. The molecule has 37 heavy (non-hydrogen) atoms. The summed E-state index contributed by atoms with van der Waals surface area (Å²) < 4.78 is 19.9. The van der Waals surface area contributed by atoms with E-state index in [0.29, 0.717) is 5.69 Å². The summed E-state index contributed by atoms with van der Waals surface area (Å²) in [6, 6.07) is 21.8. The maximum Gasteiger partial charge on any atom is 0.252 e. The Kier molecular flexibility index (Phi) is 7.36. The first kappa shape index (κ1) is 26.4. The summed E-state index contributed by atoms with van der Waals surface area (Å²) in [6.07, 6.45) is 3.13. The van der Waals surface area contributed by atoms with E-state index in [0.717, 1.165) is 16.9 Å². The molecule has 1 N–H and O–H groups in total. The first-order valence-electron chi connectivity index (χ1n) is 12.4. The van der Waals surface area contributed by atoms with Crippen LogP contribution in [0.25, 0.3) is 6.08 Å². The predicted octanol–water partition coefficient (Wildman–Crippen LogP) is 6.50. The highest BCUT2D eigenvalue weighted by molar-refractivity contribution is 6.74. The van der Waals surface area contributed by atoms with E-state index >= 15 is 0 Å². The zero-order valence-corrected chi connectivity index (χ0v) is 22.9. The Morgan fingerprint density at radius 1 is 0.973 bits per heavy atom. The van der Waals surface area contributed by atoms with Gasteiger partial charge in [0, 0.05) is 11.8 Å². The highest BCUT2D eigenvalue weighted by Crippen LogP contribution is 2.41. The minimum absolute atomic E-state index is 0.0636. The van der Waals surface area contributed by atoms with E-state index in [4.69, 9.17) is 4.43 Å². The maximum absolute atomic E-state index is 13.5. The number of hydrogen-bond acceptors (Lipinski definition) is 3. The van der Waals surface area contributed by atoms with Crippen LogP contribution in [0.2, 0.25) is 18.1 Å². The van der Waals surface area contributed by atoms with E-state index in [1.165, 1.54) is 18.2 Å². The quantitative estimate of drug-likeness (QED) is 0.222. The van der Waals surface area contributed by atoms with Gasteiger partial charge in [-0.1, -0.05) is 63.2 Å². The molecule has 1 aliphatic heterocycles. The fourth-order valence-electron chi connectivity index (χ4n) is 3.98. The van der Waals surface area contributed by atoms with Crippen LogP contribution in [0.5, 0.6) is 5.75 Å². The molecule has 3 aromatic rings. The fraction of sp³-hybridized carbons (Fsp3) is 0.267. The van der Waals surface area contributed by atoms with Gasteiger partial charge in [0.25, 0.3) is 5.91 Å². The Morgan fingerprint density at radius 2 is 1.59 bits per heavy atom. The summed E-state index contributed by atoms with van der Waals surface area (Å²) in [7, 11) is -2.00. The van der Waals surface area contributed by atoms with Gasteiger partial charge >= 0.3 is 0 Å². The van der Waals surface area contributed by atoms with Crippen molar-refractivity contribution in [2.24, 2.45) is 0 Å². The van der Waals surface area contributed by atoms with E-state index in [1.54, 1.807) is 23.1 Å². The number of nitrogens with zero attached hydrogens (tertiary/aromatic N) is 1. The molecule has 0 radical (unpaired) electrons. The minimum atomic E-state index is -2.00. The van der Waals surface area contributed by atoms with Crippen LogP contribution in [-0.4, -0.2) is 26.2 Å². The molecular weight excluding hydrogens is 483 g/mol. The summed E-state index contributed by atoms with van der Waals surface area (Å²) in [6.45, 7) is 10.9. The van der Waals surface area contributed by atoms with E-state index < -0.39 is 20.4 Å². The standard InChI is InChI=1S/C30H33FN2O3Si/c1-30(2,3)37(4,5)36-25-18-12-22(13-19-25)28-27(29(35)33(28)24-16-14-23(31)15-17-24)32-26(34)20-11-21-9-7-6-8-10-21/h6-20,27-28H,1-5H3,(H,32,34)/t27-,28-/m1/s1. The van der Waals surface area contributed by atoms with Gasteiger partial charge < -0.3 is 14.6 Å². The van der Waals surface area contributed by atoms with E-state index in [9.17, 15) is 14.0 Å². The third-order valence-corrected chi connectivity index (χ3v) is 11.5. The largest absolute Gasteiger partial charge is 0.544 e. The van der Waals surface area contributed by atoms with Crippen LogP contribution in [0.1, 0.15) is 37.9 Å². The van der Waals surface area contributed by atoms with Crippen molar-refractivity contribution in [1.29, 1.82) is 0 Å². The van der Waals surface area contributed by atoms with Crippen molar-refractivity contribution in [3.8, 4) is 5.75 Å². The Balaban J connectivity index is 1.57. The molecule has 0 aromatic heterocycles. The number of halogens is 1. The van der Waals surface area contributed by atoms with Crippen molar-refractivity contribution >= 4 is 31.9 Å². The average molecular weight is 517 g/mol. The number of carbonyl (C=O) groups excluding carboxylic acids is 2. The number of amides is 2. The fourth-order valence-corrected chi connectivity index (χ4v) is 5.01. The Morgan fingerprint density at radius 3 is 2.19 bits per heavy atom. The smallest absolute Gasteiger partial charge is 0.252 e. The molecule has 1 saturated heterocycles. The lowest BCUT2D eigenvalue weighted by Crippen LogP contribution is -2.65. The Bertz CT molecular complexity index is 1280. The van der Waals surface area contributed by atoms with Gasteiger partial charge in [0.15, 0.2) is 0 Å². The van der Waals surface area contributed by atoms with E-state index in [1.807, 2.05) is 54.6 Å². The molecule has 192 valence electrons. The molecule has 0 spiro atoms. The van der Waals surface area contributed by atoms with Crippen LogP contribution in [0, 0.1) is 5.82 Å². The van der Waals surface area contributed by atoms with Crippen molar-refractivity contribution in [1.82, 2.24) is 5.32 Å². The molecule has 0 bridgehead atoms. The van der Waals surface area contributed by atoms with Gasteiger partial charge in [-0.15, -0.1) is 0 Å². The number of hydrogen-bond donors (Lipinski definition) is 1. The van der Waals surface area contributed by atoms with Crippen LogP contribution in [0.4, 0.5) is 10.1 Å². The van der Waals surface area contributed by atoms with Crippen molar-refractivity contribution in [2.75, 3.05) is 4.90 Å². The molecule has 5 nitrogen and oxygen atoms in total. The number of anilines is 1. The van der Waals surface area contributed by atoms with Crippen molar-refractivity contribution in [3.05, 3.63) is 102 Å². The molecule has 3 aromatic carbocycles. The number of carbonyl (C=O) groups is 2. The molecule has 7 heteroatoms. The van der Waals surface area contributed by atoms with Crippen LogP contribution >= 0.6 is 0 Å². The summed E-state index contributed by atoms with van der Waals surface area (Å²) in [5, 5.41) is 2.92. The SMILES string of the molecule is CC(C)(C)[Si](C)(C)Oc1ccc([C@@H]2[C@@H](NC(=O)C=Cc3ccccc3)C(=O)N2c2ccc(F)cc2)cc1. The molecule has 0 unspecified atom stereocenters. The van der Waals surface area contributed by atoms with Gasteiger partial charge in [-0.05, 0) is 71.7 Å². The van der Waals surface area contributed by atoms with Gasteiger partial charge in [-0.3, -0.25) is 9.59 Å². The third-order valence-electron chi connectivity index (χ3n) is 7.13. The zero-order valence-electron chi connectivity index (χ0n) is 21.9. The van der Waals surface area contributed by atoms with Crippen molar-refractivity contribution in [2.45, 2.75) is 51.0 Å². The molecule has 4 rings (SSSR count). The second kappa shape index (κ2) is 10.3. The van der Waals surface area contributed by atoms with Gasteiger partial charge in [0.2, 0.25) is 14.2 Å². The summed E-state index contributed by atoms with van der Waals surface area (Å²) in [4.78, 5) is 27.5. The summed E-state index contributed by atoms with van der Waals surface area (Å²) >= 11 is 0. The Hall–Kier alpha value is -3.71. The van der Waals surface area contributed by atoms with E-state index in [-0.39, 0.29) is 22.7 Å². The molecule has 1 aliphatic rings. The first-order chi connectivity index (χ1) is 17.5. The summed E-state index contributed by atoms with van der Waals surface area (Å²) in [5.74, 6) is -0.208. The third kappa shape index (κ3) is 5.83. The monoisotopic (exact) mass is 516 g/mol. The first-order valence-corrected chi connectivity index (χ1v) is 15.3. The van der Waals surface area contributed by atoms with Crippen LogP contribution in [0.15, 0.2) is 84.9 Å². The predicted molar refractivity (Wildman–Crippen MR) is 148 cm³/mol. The van der Waals surface area contributed by atoms with Crippen LogP contribution < -0.4 is 14.6 Å². The molecule has 2 amide bonds. The van der Waals surface area contributed by atoms with E-state index in [2.05, 4.69) is 39.2 Å². The molecule has 1 heterocycles. The topological polar surface area (TPSA) is 58.6 Å². The van der Waals surface area contributed by atoms with Gasteiger partial charge in [-0.2, -0.15) is 0 Å². The summed E-state index contributed by atoms with van der Waals surface area (Å²) in [5.41, 5.74) is 2.31. The minimum Gasteiger partial charge on any atom is -0.544 e. The highest BCUT2D eigenvalue weighted by atomic mass is 28.4. The zero-order chi connectivity index (χ0) is 26.8. The van der Waals surface area contributed by atoms with Crippen LogP contribution in [-0.2, 0) is 9.59 Å². The second-order valence-corrected chi connectivity index (χ2v) is 15.5. The number of rotatable bonds is 7. The molecule has 2 atom stereocenters. The lowest BCUT2D eigenvalue weighted by atomic mass is 9.87. The normalized spacial score (nSPS) is 18.0. The van der Waals surface area contributed by atoms with Crippen LogP contribution in [0.3, 0.4) is 0 Å². The van der Waals surface area contributed by atoms with Gasteiger partial charge in [0.05, 0.1) is 6.04 Å². The number of β-lactam (4-membered cyclic amide) rings is 1.